The normalized spacial score (nSPS) is 36.4. The van der Waals surface area contributed by atoms with Crippen LogP contribution in [0.3, 0.4) is 0 Å². The van der Waals surface area contributed by atoms with Crippen LogP contribution in [-0.2, 0) is 0 Å². The topological polar surface area (TPSA) is 26.7 Å². The Labute approximate surface area is 99.4 Å². The summed E-state index contributed by atoms with van der Waals surface area (Å²) in [6.45, 7) is 9.16. The smallest absolute Gasteiger partial charge is 0.0695 e. The van der Waals surface area contributed by atoms with Crippen molar-refractivity contribution in [2.24, 2.45) is 0 Å². The molecule has 3 atom stereocenters. The van der Waals surface area contributed by atoms with Crippen LogP contribution < -0.4 is 0 Å². The molecule has 0 radical (unpaired) electrons. The van der Waals surface area contributed by atoms with Crippen molar-refractivity contribution in [2.45, 2.75) is 57.7 Å². The minimum Gasteiger partial charge on any atom is -0.391 e. The van der Waals surface area contributed by atoms with Gasteiger partial charge in [-0.25, -0.2) is 0 Å². The van der Waals surface area contributed by atoms with E-state index in [9.17, 15) is 5.11 Å². The second-order valence-corrected chi connectivity index (χ2v) is 5.22. The van der Waals surface area contributed by atoms with Crippen molar-refractivity contribution >= 4 is 0 Å². The standard InChI is InChI=1S/C13H26N2O/c1-3-14(4-2)11-8-9-15(10-11)12-6-5-7-13(12)16/h11-13,16H,3-10H2,1-2H3/t11?,12-,13-/m0/s1. The zero-order valence-corrected chi connectivity index (χ0v) is 10.7. The Hall–Kier alpha value is -0.120. The highest BCUT2D eigenvalue weighted by Crippen LogP contribution is 2.28. The van der Waals surface area contributed by atoms with E-state index in [2.05, 4.69) is 23.6 Å². The summed E-state index contributed by atoms with van der Waals surface area (Å²) in [5.74, 6) is 0. The van der Waals surface area contributed by atoms with Gasteiger partial charge in [-0.15, -0.1) is 0 Å². The quantitative estimate of drug-likeness (QED) is 0.783. The van der Waals surface area contributed by atoms with Crippen molar-refractivity contribution in [3.63, 3.8) is 0 Å². The molecule has 16 heavy (non-hydrogen) atoms. The molecule has 2 rings (SSSR count). The predicted molar refractivity (Wildman–Crippen MR) is 66.5 cm³/mol. The van der Waals surface area contributed by atoms with Crippen LogP contribution in [-0.4, -0.2) is 59.3 Å². The van der Waals surface area contributed by atoms with E-state index in [4.69, 9.17) is 0 Å². The second-order valence-electron chi connectivity index (χ2n) is 5.22. The highest BCUT2D eigenvalue weighted by molar-refractivity contribution is 4.92. The second kappa shape index (κ2) is 5.48. The maximum atomic E-state index is 9.93. The van der Waals surface area contributed by atoms with E-state index >= 15 is 0 Å². The summed E-state index contributed by atoms with van der Waals surface area (Å²) in [7, 11) is 0. The third kappa shape index (κ3) is 2.41. The van der Waals surface area contributed by atoms with E-state index < -0.39 is 0 Å². The fraction of sp³-hybridized carbons (Fsp3) is 1.00. The molecule has 0 aromatic heterocycles. The first kappa shape index (κ1) is 12.3. The fourth-order valence-electron chi connectivity index (χ4n) is 3.45. The third-order valence-electron chi connectivity index (χ3n) is 4.44. The molecule has 0 aromatic rings. The van der Waals surface area contributed by atoms with Gasteiger partial charge < -0.3 is 5.11 Å². The van der Waals surface area contributed by atoms with E-state index in [0.717, 1.165) is 25.6 Å². The van der Waals surface area contributed by atoms with Crippen LogP contribution in [0.4, 0.5) is 0 Å². The molecule has 0 amide bonds. The Balaban J connectivity index is 1.87. The molecule has 94 valence electrons. The molecule has 1 heterocycles. The highest BCUT2D eigenvalue weighted by atomic mass is 16.3. The maximum Gasteiger partial charge on any atom is 0.0695 e. The highest BCUT2D eigenvalue weighted by Gasteiger charge is 2.36. The van der Waals surface area contributed by atoms with Gasteiger partial charge in [0.15, 0.2) is 0 Å². The van der Waals surface area contributed by atoms with Crippen molar-refractivity contribution in [2.75, 3.05) is 26.2 Å². The van der Waals surface area contributed by atoms with Crippen LogP contribution in [0.15, 0.2) is 0 Å². The van der Waals surface area contributed by atoms with E-state index in [0.29, 0.717) is 6.04 Å². The zero-order chi connectivity index (χ0) is 11.5. The molecule has 0 spiro atoms. The zero-order valence-electron chi connectivity index (χ0n) is 10.7. The molecule has 0 bridgehead atoms. The number of likely N-dealkylation sites (N-methyl/N-ethyl adjacent to an activating group) is 1. The average Bonchev–Trinajstić information content (AvgIpc) is 2.89. The first-order valence-corrected chi connectivity index (χ1v) is 6.92. The lowest BCUT2D eigenvalue weighted by molar-refractivity contribution is 0.0794. The fourth-order valence-corrected chi connectivity index (χ4v) is 3.45. The molecule has 3 heteroatoms. The predicted octanol–water partition coefficient (Wildman–Crippen LogP) is 1.32. The Bertz CT molecular complexity index is 218. The third-order valence-corrected chi connectivity index (χ3v) is 4.44. The molecule has 1 saturated heterocycles. The monoisotopic (exact) mass is 226 g/mol. The van der Waals surface area contributed by atoms with E-state index in [1.807, 2.05) is 0 Å². The summed E-state index contributed by atoms with van der Waals surface area (Å²) in [5, 5.41) is 9.93. The molecule has 1 aliphatic heterocycles. The summed E-state index contributed by atoms with van der Waals surface area (Å²) < 4.78 is 0. The van der Waals surface area contributed by atoms with Gasteiger partial charge in [0.25, 0.3) is 0 Å². The summed E-state index contributed by atoms with van der Waals surface area (Å²) in [6.07, 6.45) is 4.64. The number of hydrogen-bond acceptors (Lipinski definition) is 3. The van der Waals surface area contributed by atoms with Crippen molar-refractivity contribution < 1.29 is 5.11 Å². The molecule has 2 fully saturated rings. The van der Waals surface area contributed by atoms with Gasteiger partial charge in [0, 0.05) is 25.2 Å². The van der Waals surface area contributed by atoms with Crippen molar-refractivity contribution in [3.8, 4) is 0 Å². The van der Waals surface area contributed by atoms with Crippen LogP contribution in [0.5, 0.6) is 0 Å². The van der Waals surface area contributed by atoms with Gasteiger partial charge in [-0.2, -0.15) is 0 Å². The molecule has 2 aliphatic rings. The van der Waals surface area contributed by atoms with Crippen molar-refractivity contribution in [1.29, 1.82) is 0 Å². The van der Waals surface area contributed by atoms with Gasteiger partial charge in [-0.05, 0) is 38.8 Å². The van der Waals surface area contributed by atoms with Gasteiger partial charge in [-0.3, -0.25) is 9.80 Å². The summed E-state index contributed by atoms with van der Waals surface area (Å²) in [6, 6.07) is 1.18. The molecule has 0 aromatic carbocycles. The van der Waals surface area contributed by atoms with Crippen LogP contribution >= 0.6 is 0 Å². The Morgan fingerprint density at radius 1 is 1.19 bits per heavy atom. The van der Waals surface area contributed by atoms with Gasteiger partial charge in [0.1, 0.15) is 0 Å². The van der Waals surface area contributed by atoms with Gasteiger partial charge in [0.05, 0.1) is 6.10 Å². The van der Waals surface area contributed by atoms with E-state index in [1.54, 1.807) is 0 Å². The first-order valence-electron chi connectivity index (χ1n) is 6.92. The minimum absolute atomic E-state index is 0.0598. The molecular weight excluding hydrogens is 200 g/mol. The van der Waals surface area contributed by atoms with E-state index in [-0.39, 0.29) is 6.10 Å². The van der Waals surface area contributed by atoms with Gasteiger partial charge in [-0.1, -0.05) is 13.8 Å². The molecule has 3 nitrogen and oxygen atoms in total. The van der Waals surface area contributed by atoms with Crippen molar-refractivity contribution in [3.05, 3.63) is 0 Å². The summed E-state index contributed by atoms with van der Waals surface area (Å²) >= 11 is 0. The Kier molecular flexibility index (Phi) is 4.22. The average molecular weight is 226 g/mol. The lowest BCUT2D eigenvalue weighted by atomic mass is 10.2. The summed E-state index contributed by atoms with van der Waals surface area (Å²) in [4.78, 5) is 5.09. The van der Waals surface area contributed by atoms with Gasteiger partial charge in [0.2, 0.25) is 0 Å². The number of likely N-dealkylation sites (tertiary alicyclic amines) is 1. The van der Waals surface area contributed by atoms with Crippen molar-refractivity contribution in [1.82, 2.24) is 9.80 Å². The number of aliphatic hydroxyl groups excluding tert-OH is 1. The SMILES string of the molecule is CCN(CC)C1CCN([C@H]2CCC[C@@H]2O)C1. The largest absolute Gasteiger partial charge is 0.391 e. The van der Waals surface area contributed by atoms with Crippen LogP contribution in [0.1, 0.15) is 39.5 Å². The summed E-state index contributed by atoms with van der Waals surface area (Å²) in [5.41, 5.74) is 0. The molecule has 1 aliphatic carbocycles. The van der Waals surface area contributed by atoms with Crippen LogP contribution in [0, 0.1) is 0 Å². The van der Waals surface area contributed by atoms with E-state index in [1.165, 1.54) is 32.4 Å². The molecular formula is C13H26N2O. The first-order chi connectivity index (χ1) is 7.76. The Morgan fingerprint density at radius 2 is 1.94 bits per heavy atom. The molecule has 1 N–H and O–H groups in total. The lowest BCUT2D eigenvalue weighted by Crippen LogP contribution is -2.42. The Morgan fingerprint density at radius 3 is 2.50 bits per heavy atom. The minimum atomic E-state index is -0.0598. The van der Waals surface area contributed by atoms with Crippen LogP contribution in [0.25, 0.3) is 0 Å². The maximum absolute atomic E-state index is 9.93. The number of hydrogen-bond donors (Lipinski definition) is 1. The lowest BCUT2D eigenvalue weighted by Gasteiger charge is -2.29. The molecule has 1 saturated carbocycles. The number of nitrogens with zero attached hydrogens (tertiary/aromatic N) is 2. The molecule has 1 unspecified atom stereocenters. The van der Waals surface area contributed by atoms with Crippen LogP contribution in [0.2, 0.25) is 0 Å². The van der Waals surface area contributed by atoms with Gasteiger partial charge >= 0.3 is 0 Å². The number of rotatable bonds is 4. The number of aliphatic hydroxyl groups is 1.